The SMILES string of the molecule is Cl.Cn1nccc1NC(=O)C1Cc2ccccc2CN1. The number of nitrogens with zero attached hydrogens (tertiary/aromatic N) is 2. The zero-order valence-corrected chi connectivity index (χ0v) is 12.0. The van der Waals surface area contributed by atoms with E-state index in [-0.39, 0.29) is 24.4 Å². The van der Waals surface area contributed by atoms with Crippen LogP contribution in [0.15, 0.2) is 36.5 Å². The average Bonchev–Trinajstić information content (AvgIpc) is 2.84. The van der Waals surface area contributed by atoms with Gasteiger partial charge >= 0.3 is 0 Å². The summed E-state index contributed by atoms with van der Waals surface area (Å²) in [7, 11) is 1.80. The minimum Gasteiger partial charge on any atom is -0.310 e. The summed E-state index contributed by atoms with van der Waals surface area (Å²) in [6.45, 7) is 0.736. The second-order valence-corrected chi connectivity index (χ2v) is 4.74. The molecule has 3 rings (SSSR count). The van der Waals surface area contributed by atoms with E-state index in [0.717, 1.165) is 13.0 Å². The maximum atomic E-state index is 12.2. The van der Waals surface area contributed by atoms with Crippen molar-refractivity contribution in [1.29, 1.82) is 0 Å². The number of carbonyl (C=O) groups excluding carboxylic acids is 1. The molecule has 1 amide bonds. The van der Waals surface area contributed by atoms with Crippen molar-refractivity contribution in [3.8, 4) is 0 Å². The highest BCUT2D eigenvalue weighted by Gasteiger charge is 2.24. The molecule has 0 radical (unpaired) electrons. The van der Waals surface area contributed by atoms with Crippen LogP contribution in [0.2, 0.25) is 0 Å². The summed E-state index contributed by atoms with van der Waals surface area (Å²) in [5, 5.41) is 10.2. The number of halogens is 1. The van der Waals surface area contributed by atoms with Crippen LogP contribution in [-0.4, -0.2) is 21.7 Å². The molecule has 5 nitrogen and oxygen atoms in total. The van der Waals surface area contributed by atoms with Crippen LogP contribution in [0.1, 0.15) is 11.1 Å². The van der Waals surface area contributed by atoms with Crippen molar-refractivity contribution in [3.05, 3.63) is 47.7 Å². The summed E-state index contributed by atoms with van der Waals surface area (Å²) < 4.78 is 1.65. The van der Waals surface area contributed by atoms with Crippen molar-refractivity contribution in [2.75, 3.05) is 5.32 Å². The van der Waals surface area contributed by atoms with Gasteiger partial charge in [0.15, 0.2) is 0 Å². The van der Waals surface area contributed by atoms with Crippen molar-refractivity contribution in [2.45, 2.75) is 19.0 Å². The van der Waals surface area contributed by atoms with E-state index >= 15 is 0 Å². The maximum absolute atomic E-state index is 12.2. The lowest BCUT2D eigenvalue weighted by molar-refractivity contribution is -0.118. The lowest BCUT2D eigenvalue weighted by Gasteiger charge is -2.25. The van der Waals surface area contributed by atoms with Crippen LogP contribution in [0.25, 0.3) is 0 Å². The molecule has 1 unspecified atom stereocenters. The van der Waals surface area contributed by atoms with E-state index < -0.39 is 0 Å². The topological polar surface area (TPSA) is 59.0 Å². The lowest BCUT2D eigenvalue weighted by Crippen LogP contribution is -2.44. The first-order chi connectivity index (χ1) is 9.24. The first kappa shape index (κ1) is 14.6. The predicted octanol–water partition coefficient (Wildman–Crippen LogP) is 1.49. The molecule has 1 aromatic carbocycles. The lowest BCUT2D eigenvalue weighted by atomic mass is 9.95. The smallest absolute Gasteiger partial charge is 0.243 e. The summed E-state index contributed by atoms with van der Waals surface area (Å²) in [6, 6.07) is 9.81. The van der Waals surface area contributed by atoms with E-state index in [1.165, 1.54) is 11.1 Å². The maximum Gasteiger partial charge on any atom is 0.243 e. The molecule has 20 heavy (non-hydrogen) atoms. The Hall–Kier alpha value is -1.85. The van der Waals surface area contributed by atoms with Crippen molar-refractivity contribution in [3.63, 3.8) is 0 Å². The van der Waals surface area contributed by atoms with Gasteiger partial charge < -0.3 is 10.6 Å². The summed E-state index contributed by atoms with van der Waals surface area (Å²) in [5.41, 5.74) is 2.51. The number of benzene rings is 1. The number of nitrogens with one attached hydrogen (secondary N) is 2. The van der Waals surface area contributed by atoms with E-state index in [0.29, 0.717) is 5.82 Å². The van der Waals surface area contributed by atoms with Crippen LogP contribution in [0, 0.1) is 0 Å². The van der Waals surface area contributed by atoms with Gasteiger partial charge in [0.1, 0.15) is 5.82 Å². The van der Waals surface area contributed by atoms with Gasteiger partial charge in [0.25, 0.3) is 0 Å². The molecule has 1 aromatic heterocycles. The number of hydrogen-bond acceptors (Lipinski definition) is 3. The Morgan fingerprint density at radius 2 is 2.10 bits per heavy atom. The molecule has 0 bridgehead atoms. The number of aryl methyl sites for hydroxylation is 1. The molecule has 2 N–H and O–H groups in total. The number of carbonyl (C=O) groups is 1. The van der Waals surface area contributed by atoms with E-state index in [2.05, 4.69) is 27.9 Å². The molecule has 1 atom stereocenters. The monoisotopic (exact) mass is 292 g/mol. The van der Waals surface area contributed by atoms with Gasteiger partial charge in [-0.05, 0) is 17.5 Å². The van der Waals surface area contributed by atoms with Gasteiger partial charge in [-0.1, -0.05) is 24.3 Å². The molecule has 0 saturated carbocycles. The van der Waals surface area contributed by atoms with Crippen LogP contribution >= 0.6 is 12.4 Å². The summed E-state index contributed by atoms with van der Waals surface area (Å²) in [5.74, 6) is 0.698. The third kappa shape index (κ3) is 2.84. The first-order valence-corrected chi connectivity index (χ1v) is 6.33. The molecule has 1 aliphatic rings. The van der Waals surface area contributed by atoms with E-state index in [4.69, 9.17) is 0 Å². The molecule has 1 aliphatic heterocycles. The van der Waals surface area contributed by atoms with Gasteiger partial charge in [-0.25, -0.2) is 0 Å². The Morgan fingerprint density at radius 1 is 1.35 bits per heavy atom. The van der Waals surface area contributed by atoms with Crippen molar-refractivity contribution in [1.82, 2.24) is 15.1 Å². The molecule has 0 spiro atoms. The Kier molecular flexibility index (Phi) is 4.42. The van der Waals surface area contributed by atoms with Crippen LogP contribution < -0.4 is 10.6 Å². The number of aromatic nitrogens is 2. The molecule has 0 saturated heterocycles. The number of hydrogen-bond donors (Lipinski definition) is 2. The van der Waals surface area contributed by atoms with Gasteiger partial charge in [-0.3, -0.25) is 9.48 Å². The second-order valence-electron chi connectivity index (χ2n) is 4.74. The standard InChI is InChI=1S/C14H16N4O.ClH/c1-18-13(6-7-16-18)17-14(19)12-8-10-4-2-3-5-11(10)9-15-12;/h2-7,12,15H,8-9H2,1H3,(H,17,19);1H. The highest BCUT2D eigenvalue weighted by atomic mass is 35.5. The zero-order valence-electron chi connectivity index (χ0n) is 11.2. The molecular formula is C14H17ClN4O. The Balaban J connectivity index is 0.00000147. The quantitative estimate of drug-likeness (QED) is 0.882. The number of anilines is 1. The molecular weight excluding hydrogens is 276 g/mol. The highest BCUT2D eigenvalue weighted by Crippen LogP contribution is 2.17. The fourth-order valence-electron chi connectivity index (χ4n) is 2.35. The van der Waals surface area contributed by atoms with Crippen LogP contribution in [0.3, 0.4) is 0 Å². The van der Waals surface area contributed by atoms with Gasteiger partial charge in [0, 0.05) is 19.7 Å². The van der Waals surface area contributed by atoms with Crippen molar-refractivity contribution >= 4 is 24.1 Å². The third-order valence-corrected chi connectivity index (χ3v) is 3.47. The van der Waals surface area contributed by atoms with Gasteiger partial charge in [0.2, 0.25) is 5.91 Å². The van der Waals surface area contributed by atoms with Gasteiger partial charge in [-0.15, -0.1) is 12.4 Å². The fourth-order valence-corrected chi connectivity index (χ4v) is 2.35. The zero-order chi connectivity index (χ0) is 13.2. The van der Waals surface area contributed by atoms with Crippen LogP contribution in [0.4, 0.5) is 5.82 Å². The van der Waals surface area contributed by atoms with E-state index in [1.807, 2.05) is 12.1 Å². The van der Waals surface area contributed by atoms with Crippen LogP contribution in [0.5, 0.6) is 0 Å². The van der Waals surface area contributed by atoms with E-state index in [9.17, 15) is 4.79 Å². The minimum absolute atomic E-state index is 0. The predicted molar refractivity (Wildman–Crippen MR) is 79.9 cm³/mol. The average molecular weight is 293 g/mol. The molecule has 106 valence electrons. The van der Waals surface area contributed by atoms with Crippen LogP contribution in [-0.2, 0) is 24.8 Å². The van der Waals surface area contributed by atoms with E-state index in [1.54, 1.807) is 24.0 Å². The second kappa shape index (κ2) is 6.07. The molecule has 0 aliphatic carbocycles. The molecule has 0 fully saturated rings. The molecule has 2 aromatic rings. The highest BCUT2D eigenvalue weighted by molar-refractivity contribution is 5.94. The first-order valence-electron chi connectivity index (χ1n) is 6.33. The summed E-state index contributed by atoms with van der Waals surface area (Å²) in [4.78, 5) is 12.2. The number of amides is 1. The molecule has 2 heterocycles. The van der Waals surface area contributed by atoms with Gasteiger partial charge in [-0.2, -0.15) is 5.10 Å². The number of fused-ring (bicyclic) bond motifs is 1. The fraction of sp³-hybridized carbons (Fsp3) is 0.286. The Morgan fingerprint density at radius 3 is 2.80 bits per heavy atom. The van der Waals surface area contributed by atoms with Crippen molar-refractivity contribution in [2.24, 2.45) is 7.05 Å². The molecule has 6 heteroatoms. The van der Waals surface area contributed by atoms with Crippen molar-refractivity contribution < 1.29 is 4.79 Å². The van der Waals surface area contributed by atoms with Gasteiger partial charge in [0.05, 0.1) is 12.2 Å². The third-order valence-electron chi connectivity index (χ3n) is 3.47. The normalized spacial score (nSPS) is 16.9. The summed E-state index contributed by atoms with van der Waals surface area (Å²) in [6.07, 6.45) is 2.39. The Bertz CT molecular complexity index is 611. The minimum atomic E-state index is -0.190. The summed E-state index contributed by atoms with van der Waals surface area (Å²) >= 11 is 0. The Labute approximate surface area is 123 Å². The number of rotatable bonds is 2. The largest absolute Gasteiger partial charge is 0.310 e.